The highest BCUT2D eigenvalue weighted by molar-refractivity contribution is 4.99. The predicted molar refractivity (Wildman–Crippen MR) is 74.9 cm³/mol. The Bertz CT molecular complexity index is 175. The van der Waals surface area contributed by atoms with Crippen molar-refractivity contribution in [3.05, 3.63) is 0 Å². The average Bonchev–Trinajstić information content (AvgIpc) is 2.16. The molecule has 0 aromatic rings. The standard InChI is InChI=1S/C15H33N/c1-10-13(4,5)16(14(6,7)11-2)15(8,9)12-3/h10-12H2,1-9H3. The smallest absolute Gasteiger partial charge is 0.0161 e. The van der Waals surface area contributed by atoms with Crippen molar-refractivity contribution in [2.24, 2.45) is 0 Å². The second-order valence-corrected chi connectivity index (χ2v) is 6.83. The summed E-state index contributed by atoms with van der Waals surface area (Å²) >= 11 is 0. The summed E-state index contributed by atoms with van der Waals surface area (Å²) in [5.41, 5.74) is 0.789. The molecule has 0 aromatic carbocycles. The van der Waals surface area contributed by atoms with E-state index in [1.54, 1.807) is 0 Å². The molecule has 0 heterocycles. The molecule has 0 N–H and O–H groups in total. The van der Waals surface area contributed by atoms with Gasteiger partial charge in [-0.2, -0.15) is 0 Å². The summed E-state index contributed by atoms with van der Waals surface area (Å²) < 4.78 is 0. The van der Waals surface area contributed by atoms with Crippen molar-refractivity contribution in [3.8, 4) is 0 Å². The summed E-state index contributed by atoms with van der Waals surface area (Å²) in [6, 6.07) is 0. The highest BCUT2D eigenvalue weighted by Gasteiger charge is 2.43. The average molecular weight is 227 g/mol. The van der Waals surface area contributed by atoms with E-state index in [0.717, 1.165) is 0 Å². The molecular weight excluding hydrogens is 194 g/mol. The lowest BCUT2D eigenvalue weighted by molar-refractivity contribution is -0.0705. The van der Waals surface area contributed by atoms with Gasteiger partial charge in [0, 0.05) is 16.6 Å². The first kappa shape index (κ1) is 16.0. The molecule has 1 nitrogen and oxygen atoms in total. The van der Waals surface area contributed by atoms with Crippen LogP contribution >= 0.6 is 0 Å². The molecule has 0 spiro atoms. The van der Waals surface area contributed by atoms with E-state index in [0.29, 0.717) is 0 Å². The van der Waals surface area contributed by atoms with Gasteiger partial charge in [-0.3, -0.25) is 4.90 Å². The molecule has 98 valence electrons. The van der Waals surface area contributed by atoms with E-state index in [1.807, 2.05) is 0 Å². The quantitative estimate of drug-likeness (QED) is 0.626. The van der Waals surface area contributed by atoms with E-state index >= 15 is 0 Å². The fraction of sp³-hybridized carbons (Fsp3) is 1.00. The summed E-state index contributed by atoms with van der Waals surface area (Å²) in [4.78, 5) is 2.73. The molecule has 0 amide bonds. The van der Waals surface area contributed by atoms with Crippen molar-refractivity contribution in [2.45, 2.75) is 98.2 Å². The van der Waals surface area contributed by atoms with Gasteiger partial charge < -0.3 is 0 Å². The maximum Gasteiger partial charge on any atom is 0.0161 e. The summed E-state index contributed by atoms with van der Waals surface area (Å²) in [6.07, 6.45) is 3.58. The molecule has 0 aliphatic carbocycles. The Balaban J connectivity index is 5.40. The van der Waals surface area contributed by atoms with Gasteiger partial charge >= 0.3 is 0 Å². The van der Waals surface area contributed by atoms with Gasteiger partial charge in [-0.15, -0.1) is 0 Å². The lowest BCUT2D eigenvalue weighted by Gasteiger charge is -2.56. The molecule has 0 fully saturated rings. The van der Waals surface area contributed by atoms with Gasteiger partial charge in [-0.1, -0.05) is 20.8 Å². The molecule has 0 saturated heterocycles. The van der Waals surface area contributed by atoms with Crippen LogP contribution in [0.4, 0.5) is 0 Å². The molecule has 0 atom stereocenters. The minimum absolute atomic E-state index is 0.263. The zero-order valence-corrected chi connectivity index (χ0v) is 13.1. The van der Waals surface area contributed by atoms with Gasteiger partial charge in [0.25, 0.3) is 0 Å². The van der Waals surface area contributed by atoms with Crippen molar-refractivity contribution in [1.82, 2.24) is 4.90 Å². The number of hydrogen-bond acceptors (Lipinski definition) is 1. The molecule has 0 aliphatic rings. The number of rotatable bonds is 6. The second-order valence-electron chi connectivity index (χ2n) is 6.83. The molecule has 0 saturated carbocycles. The molecule has 0 bridgehead atoms. The maximum absolute atomic E-state index is 2.73. The van der Waals surface area contributed by atoms with Crippen LogP contribution in [-0.2, 0) is 0 Å². The summed E-state index contributed by atoms with van der Waals surface area (Å²) in [6.45, 7) is 21.1. The van der Waals surface area contributed by atoms with Crippen molar-refractivity contribution in [1.29, 1.82) is 0 Å². The summed E-state index contributed by atoms with van der Waals surface area (Å²) in [7, 11) is 0. The third-order valence-corrected chi connectivity index (χ3v) is 4.41. The normalized spacial score (nSPS) is 14.6. The van der Waals surface area contributed by atoms with Crippen LogP contribution < -0.4 is 0 Å². The van der Waals surface area contributed by atoms with Gasteiger partial charge in [-0.25, -0.2) is 0 Å². The maximum atomic E-state index is 2.73. The SMILES string of the molecule is CCC(C)(C)N(C(C)(C)CC)C(C)(C)CC. The third-order valence-electron chi connectivity index (χ3n) is 4.41. The van der Waals surface area contributed by atoms with E-state index in [2.05, 4.69) is 67.2 Å². The highest BCUT2D eigenvalue weighted by atomic mass is 15.3. The van der Waals surface area contributed by atoms with E-state index in [4.69, 9.17) is 0 Å². The van der Waals surface area contributed by atoms with Gasteiger partial charge in [0.05, 0.1) is 0 Å². The van der Waals surface area contributed by atoms with Crippen molar-refractivity contribution >= 4 is 0 Å². The molecule has 16 heavy (non-hydrogen) atoms. The van der Waals surface area contributed by atoms with Gasteiger partial charge in [-0.05, 0) is 60.8 Å². The first-order valence-electron chi connectivity index (χ1n) is 6.85. The van der Waals surface area contributed by atoms with Crippen LogP contribution in [0.25, 0.3) is 0 Å². The Morgan fingerprint density at radius 1 is 0.562 bits per heavy atom. The van der Waals surface area contributed by atoms with Crippen LogP contribution in [0.2, 0.25) is 0 Å². The highest BCUT2D eigenvalue weighted by Crippen LogP contribution is 2.38. The number of hydrogen-bond donors (Lipinski definition) is 0. The Morgan fingerprint density at radius 2 is 0.750 bits per heavy atom. The third kappa shape index (κ3) is 3.23. The molecule has 0 rings (SSSR count). The minimum atomic E-state index is 0.263. The van der Waals surface area contributed by atoms with Gasteiger partial charge in [0.15, 0.2) is 0 Å². The van der Waals surface area contributed by atoms with Crippen LogP contribution in [0.5, 0.6) is 0 Å². The van der Waals surface area contributed by atoms with Gasteiger partial charge in [0.1, 0.15) is 0 Å². The molecule has 0 aromatic heterocycles. The molecule has 0 aliphatic heterocycles. The lowest BCUT2D eigenvalue weighted by Crippen LogP contribution is -2.63. The van der Waals surface area contributed by atoms with Crippen molar-refractivity contribution < 1.29 is 0 Å². The van der Waals surface area contributed by atoms with E-state index in [-0.39, 0.29) is 16.6 Å². The fourth-order valence-electron chi connectivity index (χ4n) is 2.93. The van der Waals surface area contributed by atoms with Crippen molar-refractivity contribution in [2.75, 3.05) is 0 Å². The van der Waals surface area contributed by atoms with Crippen LogP contribution in [0.15, 0.2) is 0 Å². The molecular formula is C15H33N. The molecule has 0 radical (unpaired) electrons. The fourth-order valence-corrected chi connectivity index (χ4v) is 2.93. The largest absolute Gasteiger partial charge is 0.288 e. The minimum Gasteiger partial charge on any atom is -0.288 e. The molecule has 0 unspecified atom stereocenters. The summed E-state index contributed by atoms with van der Waals surface area (Å²) in [5, 5.41) is 0. The number of nitrogens with zero attached hydrogens (tertiary/aromatic N) is 1. The first-order chi connectivity index (χ1) is 7.05. The van der Waals surface area contributed by atoms with E-state index in [1.165, 1.54) is 19.3 Å². The van der Waals surface area contributed by atoms with E-state index in [9.17, 15) is 0 Å². The Labute approximate surface area is 104 Å². The predicted octanol–water partition coefficient (Wildman–Crippen LogP) is 4.85. The molecule has 1 heteroatoms. The summed E-state index contributed by atoms with van der Waals surface area (Å²) in [5.74, 6) is 0. The monoisotopic (exact) mass is 227 g/mol. The zero-order valence-electron chi connectivity index (χ0n) is 13.1. The van der Waals surface area contributed by atoms with Crippen LogP contribution in [0.1, 0.15) is 81.6 Å². The van der Waals surface area contributed by atoms with Gasteiger partial charge in [0.2, 0.25) is 0 Å². The first-order valence-corrected chi connectivity index (χ1v) is 6.85. The lowest BCUT2D eigenvalue weighted by atomic mass is 9.81. The van der Waals surface area contributed by atoms with E-state index < -0.39 is 0 Å². The second kappa shape index (κ2) is 5.08. The Kier molecular flexibility index (Phi) is 5.07. The Morgan fingerprint density at radius 3 is 0.875 bits per heavy atom. The Hall–Kier alpha value is -0.0400. The van der Waals surface area contributed by atoms with Crippen molar-refractivity contribution in [3.63, 3.8) is 0 Å². The van der Waals surface area contributed by atoms with Crippen LogP contribution in [0.3, 0.4) is 0 Å². The zero-order chi connectivity index (χ0) is 13.2. The topological polar surface area (TPSA) is 3.24 Å². The van der Waals surface area contributed by atoms with Crippen LogP contribution in [0, 0.1) is 0 Å². The van der Waals surface area contributed by atoms with Crippen LogP contribution in [-0.4, -0.2) is 21.5 Å².